The van der Waals surface area contributed by atoms with E-state index in [0.717, 1.165) is 17.8 Å². The summed E-state index contributed by atoms with van der Waals surface area (Å²) in [5.74, 6) is 0. The molecule has 0 atom stereocenters. The second-order valence-corrected chi connectivity index (χ2v) is 3.09. The van der Waals surface area contributed by atoms with Crippen molar-refractivity contribution in [2.24, 2.45) is 7.05 Å². The largest absolute Gasteiger partial charge is 0.286 e. The maximum atomic E-state index is 11.5. The zero-order valence-corrected chi connectivity index (χ0v) is 8.66. The summed E-state index contributed by atoms with van der Waals surface area (Å²) in [6.45, 7) is 5.93. The van der Waals surface area contributed by atoms with Crippen molar-refractivity contribution in [3.05, 3.63) is 28.2 Å². The van der Waals surface area contributed by atoms with E-state index in [4.69, 9.17) is 0 Å². The van der Waals surface area contributed by atoms with E-state index in [-0.39, 0.29) is 5.56 Å². The van der Waals surface area contributed by atoms with Crippen molar-refractivity contribution in [1.82, 2.24) is 9.36 Å². The van der Waals surface area contributed by atoms with Crippen LogP contribution in [0.15, 0.2) is 16.9 Å². The van der Waals surface area contributed by atoms with Gasteiger partial charge >= 0.3 is 0 Å². The molecule has 3 heteroatoms. The molecule has 0 amide bonds. The fraction of sp³-hybridized carbons (Fsp3) is 0.500. The number of aryl methyl sites for hydroxylation is 1. The molecule has 13 heavy (non-hydrogen) atoms. The van der Waals surface area contributed by atoms with Crippen molar-refractivity contribution in [2.45, 2.75) is 27.2 Å². The Morgan fingerprint density at radius 2 is 2.23 bits per heavy atom. The molecule has 0 unspecified atom stereocenters. The minimum Gasteiger partial charge on any atom is -0.286 e. The van der Waals surface area contributed by atoms with Gasteiger partial charge in [-0.15, -0.1) is 0 Å². The Kier molecular flexibility index (Phi) is 2.76. The third kappa shape index (κ3) is 1.59. The van der Waals surface area contributed by atoms with Crippen LogP contribution in [0, 0.1) is 6.92 Å². The summed E-state index contributed by atoms with van der Waals surface area (Å²) in [5, 5.41) is 0. The average Bonchev–Trinajstić information content (AvgIpc) is 2.34. The molecular weight excluding hydrogens is 164 g/mol. The molecule has 0 saturated carbocycles. The van der Waals surface area contributed by atoms with Crippen LogP contribution in [0.25, 0.3) is 5.70 Å². The van der Waals surface area contributed by atoms with Crippen LogP contribution in [0.3, 0.4) is 0 Å². The minimum atomic E-state index is 0.0509. The summed E-state index contributed by atoms with van der Waals surface area (Å²) < 4.78 is 3.58. The first-order valence-electron chi connectivity index (χ1n) is 4.53. The Balaban J connectivity index is 3.36. The molecule has 0 aliphatic carbocycles. The number of allylic oxidation sites excluding steroid dienone is 2. The van der Waals surface area contributed by atoms with Gasteiger partial charge in [0.05, 0.1) is 0 Å². The fourth-order valence-corrected chi connectivity index (χ4v) is 1.45. The number of nitrogens with zero attached hydrogens (tertiary/aromatic N) is 2. The van der Waals surface area contributed by atoms with Gasteiger partial charge in [0.2, 0.25) is 0 Å². The molecular formula is C10H16N2O. The molecule has 1 rings (SSSR count). The van der Waals surface area contributed by atoms with Gasteiger partial charge in [-0.05, 0) is 20.3 Å². The van der Waals surface area contributed by atoms with Crippen LogP contribution in [0.5, 0.6) is 0 Å². The number of hydrogen-bond donors (Lipinski definition) is 0. The lowest BCUT2D eigenvalue weighted by molar-refractivity contribution is 0.629. The fourth-order valence-electron chi connectivity index (χ4n) is 1.45. The molecule has 3 nitrogen and oxygen atoms in total. The molecule has 0 aliphatic rings. The summed E-state index contributed by atoms with van der Waals surface area (Å²) in [5.41, 5.74) is 2.08. The zero-order valence-electron chi connectivity index (χ0n) is 8.66. The zero-order chi connectivity index (χ0) is 10.0. The molecule has 1 heterocycles. The van der Waals surface area contributed by atoms with Crippen LogP contribution in [0.2, 0.25) is 0 Å². The van der Waals surface area contributed by atoms with Gasteiger partial charge in [-0.2, -0.15) is 0 Å². The van der Waals surface area contributed by atoms with Gasteiger partial charge < -0.3 is 0 Å². The van der Waals surface area contributed by atoms with Gasteiger partial charge in [0.1, 0.15) is 0 Å². The Morgan fingerprint density at radius 1 is 1.62 bits per heavy atom. The van der Waals surface area contributed by atoms with Crippen LogP contribution in [-0.2, 0) is 7.05 Å². The number of aromatic nitrogens is 2. The smallest absolute Gasteiger partial charge is 0.271 e. The van der Waals surface area contributed by atoms with Gasteiger partial charge in [0, 0.05) is 24.5 Å². The van der Waals surface area contributed by atoms with Gasteiger partial charge in [0.15, 0.2) is 0 Å². The molecule has 0 aromatic carbocycles. The first kappa shape index (κ1) is 9.84. The van der Waals surface area contributed by atoms with Crippen LogP contribution in [-0.4, -0.2) is 9.36 Å². The third-order valence-electron chi connectivity index (χ3n) is 2.32. The standard InChI is InChI=1S/C10H16N2O/c1-5-9(6-2)12-10(13)7-8(3)11(12)4/h5,7H,6H2,1-4H3/b9-5+. The van der Waals surface area contributed by atoms with Crippen LogP contribution < -0.4 is 5.56 Å². The normalized spacial score (nSPS) is 12.2. The first-order chi connectivity index (χ1) is 6.11. The molecule has 1 aromatic heterocycles. The number of rotatable bonds is 2. The Labute approximate surface area is 78.3 Å². The summed E-state index contributed by atoms with van der Waals surface area (Å²) in [6, 6.07) is 1.65. The molecule has 0 N–H and O–H groups in total. The van der Waals surface area contributed by atoms with Crippen LogP contribution >= 0.6 is 0 Å². The summed E-state index contributed by atoms with van der Waals surface area (Å²) in [6.07, 6.45) is 2.84. The third-order valence-corrected chi connectivity index (χ3v) is 2.32. The lowest BCUT2D eigenvalue weighted by atomic mass is 10.3. The van der Waals surface area contributed by atoms with E-state index in [1.807, 2.05) is 38.6 Å². The van der Waals surface area contributed by atoms with E-state index in [1.165, 1.54) is 0 Å². The molecule has 0 aliphatic heterocycles. The predicted octanol–water partition coefficient (Wildman–Crippen LogP) is 1.77. The molecule has 0 saturated heterocycles. The highest BCUT2D eigenvalue weighted by molar-refractivity contribution is 5.42. The van der Waals surface area contributed by atoms with Gasteiger partial charge in [0.25, 0.3) is 5.56 Å². The van der Waals surface area contributed by atoms with Gasteiger partial charge in [-0.3, -0.25) is 9.48 Å². The average molecular weight is 180 g/mol. The monoisotopic (exact) mass is 180 g/mol. The molecule has 1 aromatic rings. The SMILES string of the molecule is C/C=C(\CC)n1c(=O)cc(C)n1C. The van der Waals surface area contributed by atoms with Crippen molar-refractivity contribution in [1.29, 1.82) is 0 Å². The molecule has 0 bridgehead atoms. The van der Waals surface area contributed by atoms with E-state index in [0.29, 0.717) is 0 Å². The van der Waals surface area contributed by atoms with Gasteiger partial charge in [-0.1, -0.05) is 13.0 Å². The first-order valence-corrected chi connectivity index (χ1v) is 4.53. The molecule has 72 valence electrons. The predicted molar refractivity (Wildman–Crippen MR) is 54.6 cm³/mol. The Morgan fingerprint density at radius 3 is 2.54 bits per heavy atom. The Hall–Kier alpha value is -1.25. The maximum absolute atomic E-state index is 11.5. The van der Waals surface area contributed by atoms with Gasteiger partial charge in [-0.25, -0.2) is 4.68 Å². The summed E-state index contributed by atoms with van der Waals surface area (Å²) in [4.78, 5) is 11.5. The van der Waals surface area contributed by atoms with Crippen LogP contribution in [0.4, 0.5) is 0 Å². The second-order valence-electron chi connectivity index (χ2n) is 3.09. The number of hydrogen-bond acceptors (Lipinski definition) is 1. The van der Waals surface area contributed by atoms with Crippen molar-refractivity contribution < 1.29 is 0 Å². The highest BCUT2D eigenvalue weighted by Gasteiger charge is 2.06. The lowest BCUT2D eigenvalue weighted by Crippen LogP contribution is -2.20. The topological polar surface area (TPSA) is 26.9 Å². The lowest BCUT2D eigenvalue weighted by Gasteiger charge is -2.10. The quantitative estimate of drug-likeness (QED) is 0.681. The van der Waals surface area contributed by atoms with E-state index < -0.39 is 0 Å². The van der Waals surface area contributed by atoms with E-state index in [1.54, 1.807) is 10.7 Å². The van der Waals surface area contributed by atoms with E-state index >= 15 is 0 Å². The highest BCUT2D eigenvalue weighted by Crippen LogP contribution is 2.06. The van der Waals surface area contributed by atoms with Crippen molar-refractivity contribution in [3.8, 4) is 0 Å². The molecule has 0 spiro atoms. The molecule has 0 fully saturated rings. The highest BCUT2D eigenvalue weighted by atomic mass is 16.1. The molecule has 0 radical (unpaired) electrons. The minimum absolute atomic E-state index is 0.0509. The summed E-state index contributed by atoms with van der Waals surface area (Å²) in [7, 11) is 1.90. The van der Waals surface area contributed by atoms with Crippen molar-refractivity contribution in [3.63, 3.8) is 0 Å². The van der Waals surface area contributed by atoms with Crippen molar-refractivity contribution >= 4 is 5.70 Å². The van der Waals surface area contributed by atoms with E-state index in [2.05, 4.69) is 0 Å². The Bertz CT molecular complexity index is 382. The second kappa shape index (κ2) is 3.64. The summed E-state index contributed by atoms with van der Waals surface area (Å²) >= 11 is 0. The van der Waals surface area contributed by atoms with Crippen LogP contribution in [0.1, 0.15) is 26.0 Å². The van der Waals surface area contributed by atoms with E-state index in [9.17, 15) is 4.79 Å². The van der Waals surface area contributed by atoms with Crippen molar-refractivity contribution in [2.75, 3.05) is 0 Å². The maximum Gasteiger partial charge on any atom is 0.271 e.